The molecule has 0 bridgehead atoms. The number of benzene rings is 1. The van der Waals surface area contributed by atoms with Crippen molar-refractivity contribution in [2.75, 3.05) is 26.3 Å². The summed E-state index contributed by atoms with van der Waals surface area (Å²) in [4.78, 5) is 20.2. The Morgan fingerprint density at radius 3 is 2.79 bits per heavy atom. The van der Waals surface area contributed by atoms with Crippen LogP contribution in [0.5, 0.6) is 0 Å². The van der Waals surface area contributed by atoms with Crippen molar-refractivity contribution in [1.82, 2.24) is 19.7 Å². The van der Waals surface area contributed by atoms with E-state index in [1.165, 1.54) is 0 Å². The number of pyridine rings is 1. The lowest BCUT2D eigenvalue weighted by Crippen LogP contribution is -2.35. The van der Waals surface area contributed by atoms with Crippen LogP contribution in [0, 0.1) is 5.92 Å². The van der Waals surface area contributed by atoms with Gasteiger partial charge in [-0.15, -0.1) is 0 Å². The van der Waals surface area contributed by atoms with Crippen LogP contribution in [0.1, 0.15) is 30.6 Å². The van der Waals surface area contributed by atoms with Crippen LogP contribution in [0.25, 0.3) is 22.3 Å². The van der Waals surface area contributed by atoms with E-state index in [1.807, 2.05) is 59.8 Å². The fraction of sp³-hybridized carbons (Fsp3) is 0.409. The molecule has 28 heavy (non-hydrogen) atoms. The Morgan fingerprint density at radius 1 is 1.29 bits per heavy atom. The third kappa shape index (κ3) is 3.52. The Hall–Kier alpha value is -2.73. The van der Waals surface area contributed by atoms with E-state index in [1.54, 1.807) is 6.20 Å². The van der Waals surface area contributed by atoms with Gasteiger partial charge in [-0.05, 0) is 26.3 Å². The first-order valence-corrected chi connectivity index (χ1v) is 10.00. The summed E-state index contributed by atoms with van der Waals surface area (Å²) in [6.45, 7) is 7.68. The van der Waals surface area contributed by atoms with Crippen LogP contribution in [0.3, 0.4) is 0 Å². The SMILES string of the molecule is CCN(CC1CCOC1)C(=O)c1cc(-c2ccccc2)nc2c1cnn2CC. The van der Waals surface area contributed by atoms with E-state index in [0.29, 0.717) is 24.6 Å². The first-order chi connectivity index (χ1) is 13.7. The normalized spacial score (nSPS) is 16.6. The van der Waals surface area contributed by atoms with Gasteiger partial charge < -0.3 is 9.64 Å². The lowest BCUT2D eigenvalue weighted by Gasteiger charge is -2.24. The molecule has 4 rings (SSSR count). The van der Waals surface area contributed by atoms with Gasteiger partial charge in [0, 0.05) is 37.7 Å². The molecule has 1 aromatic carbocycles. The van der Waals surface area contributed by atoms with E-state index in [-0.39, 0.29) is 5.91 Å². The van der Waals surface area contributed by atoms with Crippen LogP contribution in [0.2, 0.25) is 0 Å². The van der Waals surface area contributed by atoms with E-state index in [9.17, 15) is 4.79 Å². The van der Waals surface area contributed by atoms with Crippen LogP contribution in [0.4, 0.5) is 0 Å². The minimum absolute atomic E-state index is 0.0367. The Labute approximate surface area is 165 Å². The molecule has 0 N–H and O–H groups in total. The lowest BCUT2D eigenvalue weighted by molar-refractivity contribution is 0.0732. The number of nitrogens with zero attached hydrogens (tertiary/aromatic N) is 4. The van der Waals surface area contributed by atoms with E-state index in [0.717, 1.165) is 48.5 Å². The number of ether oxygens (including phenoxy) is 1. The number of aromatic nitrogens is 3. The Morgan fingerprint density at radius 2 is 2.11 bits per heavy atom. The molecule has 1 unspecified atom stereocenters. The second-order valence-electron chi connectivity index (χ2n) is 7.19. The predicted molar refractivity (Wildman–Crippen MR) is 109 cm³/mol. The number of hydrogen-bond donors (Lipinski definition) is 0. The Balaban J connectivity index is 1.77. The van der Waals surface area contributed by atoms with Crippen molar-refractivity contribution in [3.05, 3.63) is 48.2 Å². The number of rotatable bonds is 6. The highest BCUT2D eigenvalue weighted by Crippen LogP contribution is 2.26. The van der Waals surface area contributed by atoms with Crippen LogP contribution >= 0.6 is 0 Å². The molecule has 6 heteroatoms. The van der Waals surface area contributed by atoms with Gasteiger partial charge in [-0.2, -0.15) is 5.10 Å². The Kier molecular flexibility index (Phi) is 5.39. The second-order valence-corrected chi connectivity index (χ2v) is 7.19. The highest BCUT2D eigenvalue weighted by atomic mass is 16.5. The maximum Gasteiger partial charge on any atom is 0.254 e. The number of carbonyl (C=O) groups excluding carboxylic acids is 1. The summed E-state index contributed by atoms with van der Waals surface area (Å²) >= 11 is 0. The molecular formula is C22H26N4O2. The topological polar surface area (TPSA) is 60.2 Å². The monoisotopic (exact) mass is 378 g/mol. The highest BCUT2D eigenvalue weighted by molar-refractivity contribution is 6.06. The first kappa shape index (κ1) is 18.6. The van der Waals surface area contributed by atoms with Crippen molar-refractivity contribution in [3.63, 3.8) is 0 Å². The molecular weight excluding hydrogens is 352 g/mol. The minimum Gasteiger partial charge on any atom is -0.381 e. The molecule has 0 aliphatic carbocycles. The van der Waals surface area contributed by atoms with E-state index in [2.05, 4.69) is 5.10 Å². The third-order valence-electron chi connectivity index (χ3n) is 5.38. The molecule has 3 heterocycles. The number of aryl methyl sites for hydroxylation is 1. The van der Waals surface area contributed by atoms with Gasteiger partial charge in [0.25, 0.3) is 5.91 Å². The van der Waals surface area contributed by atoms with Gasteiger partial charge >= 0.3 is 0 Å². The second kappa shape index (κ2) is 8.10. The molecule has 6 nitrogen and oxygen atoms in total. The quantitative estimate of drug-likeness (QED) is 0.657. The summed E-state index contributed by atoms with van der Waals surface area (Å²) < 4.78 is 7.34. The standard InChI is InChI=1S/C22H26N4O2/c1-3-25(14-16-10-11-28-15-16)22(27)18-12-20(17-8-6-5-7-9-17)24-21-19(18)13-23-26(21)4-2/h5-9,12-13,16H,3-4,10-11,14-15H2,1-2H3. The summed E-state index contributed by atoms with van der Waals surface area (Å²) in [7, 11) is 0. The van der Waals surface area contributed by atoms with Gasteiger partial charge in [0.15, 0.2) is 5.65 Å². The average molecular weight is 378 g/mol. The molecule has 1 amide bonds. The third-order valence-corrected chi connectivity index (χ3v) is 5.38. The van der Waals surface area contributed by atoms with Crippen LogP contribution < -0.4 is 0 Å². The lowest BCUT2D eigenvalue weighted by atomic mass is 10.0. The smallest absolute Gasteiger partial charge is 0.254 e. The van der Waals surface area contributed by atoms with Gasteiger partial charge in [0.1, 0.15) is 0 Å². The fourth-order valence-corrected chi connectivity index (χ4v) is 3.78. The van der Waals surface area contributed by atoms with E-state index < -0.39 is 0 Å². The molecule has 1 aliphatic heterocycles. The molecule has 2 aromatic heterocycles. The summed E-state index contributed by atoms with van der Waals surface area (Å²) in [5.74, 6) is 0.447. The summed E-state index contributed by atoms with van der Waals surface area (Å²) in [6.07, 6.45) is 2.78. The van der Waals surface area contributed by atoms with Crippen LogP contribution in [-0.4, -0.2) is 51.9 Å². The van der Waals surface area contributed by atoms with Crippen LogP contribution in [0.15, 0.2) is 42.6 Å². The molecule has 1 fully saturated rings. The van der Waals surface area contributed by atoms with Crippen molar-refractivity contribution in [1.29, 1.82) is 0 Å². The van der Waals surface area contributed by atoms with Crippen molar-refractivity contribution in [2.24, 2.45) is 5.92 Å². The van der Waals surface area contributed by atoms with Crippen LogP contribution in [-0.2, 0) is 11.3 Å². The maximum absolute atomic E-state index is 13.5. The highest BCUT2D eigenvalue weighted by Gasteiger charge is 2.25. The van der Waals surface area contributed by atoms with Crippen molar-refractivity contribution >= 4 is 16.9 Å². The molecule has 0 radical (unpaired) electrons. The number of amides is 1. The molecule has 3 aromatic rings. The summed E-state index contributed by atoms with van der Waals surface area (Å²) in [5, 5.41) is 5.26. The zero-order valence-corrected chi connectivity index (χ0v) is 16.5. The van der Waals surface area contributed by atoms with Gasteiger partial charge in [-0.1, -0.05) is 30.3 Å². The fourth-order valence-electron chi connectivity index (χ4n) is 3.78. The number of carbonyl (C=O) groups is 1. The van der Waals surface area contributed by atoms with Gasteiger partial charge in [-0.3, -0.25) is 4.79 Å². The molecule has 1 aliphatic rings. The summed E-state index contributed by atoms with van der Waals surface area (Å²) in [5.41, 5.74) is 3.22. The summed E-state index contributed by atoms with van der Waals surface area (Å²) in [6, 6.07) is 11.9. The van der Waals surface area contributed by atoms with Crippen molar-refractivity contribution in [2.45, 2.75) is 26.8 Å². The Bertz CT molecular complexity index is 961. The molecule has 0 saturated carbocycles. The largest absolute Gasteiger partial charge is 0.381 e. The van der Waals surface area contributed by atoms with E-state index in [4.69, 9.17) is 9.72 Å². The number of hydrogen-bond acceptors (Lipinski definition) is 4. The maximum atomic E-state index is 13.5. The number of fused-ring (bicyclic) bond motifs is 1. The van der Waals surface area contributed by atoms with Gasteiger partial charge in [-0.25, -0.2) is 9.67 Å². The van der Waals surface area contributed by atoms with Gasteiger partial charge in [0.2, 0.25) is 0 Å². The molecule has 1 atom stereocenters. The van der Waals surface area contributed by atoms with Crippen molar-refractivity contribution < 1.29 is 9.53 Å². The molecule has 1 saturated heterocycles. The zero-order valence-electron chi connectivity index (χ0n) is 16.5. The predicted octanol–water partition coefficient (Wildman–Crippen LogP) is 3.62. The van der Waals surface area contributed by atoms with Crippen molar-refractivity contribution in [3.8, 4) is 11.3 Å². The minimum atomic E-state index is 0.0367. The van der Waals surface area contributed by atoms with E-state index >= 15 is 0 Å². The zero-order chi connectivity index (χ0) is 19.5. The molecule has 146 valence electrons. The first-order valence-electron chi connectivity index (χ1n) is 10.00. The molecule has 0 spiro atoms. The average Bonchev–Trinajstić information content (AvgIpc) is 3.40. The van der Waals surface area contributed by atoms with Gasteiger partial charge in [0.05, 0.1) is 29.4 Å².